The van der Waals surface area contributed by atoms with E-state index in [1.54, 1.807) is 17.4 Å². The minimum atomic E-state index is 0.184. The van der Waals surface area contributed by atoms with Gasteiger partial charge in [-0.1, -0.05) is 23.8 Å². The number of fused-ring (bicyclic) bond motifs is 1. The summed E-state index contributed by atoms with van der Waals surface area (Å²) in [5.74, 6) is 0.184. The molecule has 0 radical (unpaired) electrons. The third kappa shape index (κ3) is 2.39. The van der Waals surface area contributed by atoms with Gasteiger partial charge in [-0.25, -0.2) is 0 Å². The summed E-state index contributed by atoms with van der Waals surface area (Å²) in [4.78, 5) is 11.7. The second-order valence-electron chi connectivity index (χ2n) is 4.12. The summed E-state index contributed by atoms with van der Waals surface area (Å²) < 4.78 is 1.25. The van der Waals surface area contributed by atoms with Crippen molar-refractivity contribution in [2.45, 2.75) is 20.3 Å². The van der Waals surface area contributed by atoms with Crippen molar-refractivity contribution < 1.29 is 4.79 Å². The summed E-state index contributed by atoms with van der Waals surface area (Å²) in [6.07, 6.45) is 2.22. The van der Waals surface area contributed by atoms with Crippen molar-refractivity contribution in [3.8, 4) is 0 Å². The molecule has 1 heterocycles. The second kappa shape index (κ2) is 4.62. The summed E-state index contributed by atoms with van der Waals surface area (Å²) >= 11 is 1.70. The summed E-state index contributed by atoms with van der Waals surface area (Å²) in [7, 11) is 0. The predicted molar refractivity (Wildman–Crippen MR) is 70.0 cm³/mol. The van der Waals surface area contributed by atoms with E-state index in [9.17, 15) is 4.79 Å². The van der Waals surface area contributed by atoms with Crippen molar-refractivity contribution in [3.05, 3.63) is 46.9 Å². The number of thiophene rings is 1. The summed E-state index contributed by atoms with van der Waals surface area (Å²) in [5, 5.41) is 3.30. The van der Waals surface area contributed by atoms with E-state index in [0.717, 1.165) is 11.1 Å². The summed E-state index contributed by atoms with van der Waals surface area (Å²) in [5.41, 5.74) is 2.20. The number of benzene rings is 1. The number of carbonyl (C=O) groups is 1. The monoisotopic (exact) mass is 230 g/mol. The van der Waals surface area contributed by atoms with E-state index in [2.05, 4.69) is 17.5 Å². The van der Waals surface area contributed by atoms with Gasteiger partial charge in [-0.05, 0) is 42.3 Å². The van der Waals surface area contributed by atoms with E-state index in [0.29, 0.717) is 6.42 Å². The average Bonchev–Trinajstić information content (AvgIpc) is 2.61. The first-order valence-corrected chi connectivity index (χ1v) is 6.17. The lowest BCUT2D eigenvalue weighted by atomic mass is 10.1. The van der Waals surface area contributed by atoms with Gasteiger partial charge in [0.25, 0.3) is 0 Å². The largest absolute Gasteiger partial charge is 0.294 e. The first kappa shape index (κ1) is 11.1. The van der Waals surface area contributed by atoms with Gasteiger partial charge in [-0.2, -0.15) is 0 Å². The Kier molecular flexibility index (Phi) is 3.20. The number of allylic oxidation sites excluding steroid dienone is 2. The number of hydrogen-bond donors (Lipinski definition) is 0. The van der Waals surface area contributed by atoms with Gasteiger partial charge in [-0.3, -0.25) is 4.79 Å². The van der Waals surface area contributed by atoms with Crippen molar-refractivity contribution in [1.29, 1.82) is 0 Å². The van der Waals surface area contributed by atoms with Crippen LogP contribution in [0.1, 0.15) is 19.4 Å². The average molecular weight is 230 g/mol. The maximum absolute atomic E-state index is 11.7. The molecule has 0 bridgehead atoms. The molecule has 0 saturated heterocycles. The lowest BCUT2D eigenvalue weighted by Crippen LogP contribution is -1.98. The quantitative estimate of drug-likeness (QED) is 0.729. The van der Waals surface area contributed by atoms with Gasteiger partial charge < -0.3 is 0 Å². The lowest BCUT2D eigenvalue weighted by molar-refractivity contribution is -0.114. The van der Waals surface area contributed by atoms with E-state index >= 15 is 0 Å². The van der Waals surface area contributed by atoms with Crippen LogP contribution in [-0.2, 0) is 11.2 Å². The Morgan fingerprint density at radius 2 is 2.06 bits per heavy atom. The standard InChI is InChI=1S/C14H14OS/c1-10(2)7-12(15)8-11-9-16-14-6-4-3-5-13(11)14/h3-7,9H,8H2,1-2H3. The van der Waals surface area contributed by atoms with Crippen LogP contribution in [0, 0.1) is 0 Å². The van der Waals surface area contributed by atoms with Gasteiger partial charge in [0, 0.05) is 11.1 Å². The normalized spacial score (nSPS) is 10.4. The Morgan fingerprint density at radius 3 is 2.81 bits per heavy atom. The van der Waals surface area contributed by atoms with E-state index < -0.39 is 0 Å². The van der Waals surface area contributed by atoms with Crippen LogP contribution >= 0.6 is 11.3 Å². The van der Waals surface area contributed by atoms with Crippen molar-refractivity contribution >= 4 is 27.2 Å². The SMILES string of the molecule is CC(C)=CC(=O)Cc1csc2ccccc12. The van der Waals surface area contributed by atoms with Crippen LogP contribution in [0.15, 0.2) is 41.3 Å². The van der Waals surface area contributed by atoms with Crippen molar-refractivity contribution in [1.82, 2.24) is 0 Å². The van der Waals surface area contributed by atoms with Crippen LogP contribution in [-0.4, -0.2) is 5.78 Å². The second-order valence-corrected chi connectivity index (χ2v) is 5.03. The van der Waals surface area contributed by atoms with Crippen LogP contribution in [0.4, 0.5) is 0 Å². The molecule has 2 aromatic rings. The molecule has 0 fully saturated rings. The molecule has 0 aliphatic heterocycles. The number of hydrogen-bond acceptors (Lipinski definition) is 2. The molecule has 1 aromatic carbocycles. The molecule has 0 spiro atoms. The van der Waals surface area contributed by atoms with Crippen molar-refractivity contribution in [2.24, 2.45) is 0 Å². The minimum Gasteiger partial charge on any atom is -0.294 e. The molecule has 82 valence electrons. The molecule has 0 aliphatic rings. The molecule has 1 nitrogen and oxygen atoms in total. The van der Waals surface area contributed by atoms with Gasteiger partial charge in [0.1, 0.15) is 0 Å². The predicted octanol–water partition coefficient (Wildman–Crippen LogP) is 3.98. The zero-order chi connectivity index (χ0) is 11.5. The molecule has 16 heavy (non-hydrogen) atoms. The smallest absolute Gasteiger partial charge is 0.160 e. The molecule has 0 unspecified atom stereocenters. The first-order valence-electron chi connectivity index (χ1n) is 5.29. The lowest BCUT2D eigenvalue weighted by Gasteiger charge is -1.96. The maximum atomic E-state index is 11.7. The highest BCUT2D eigenvalue weighted by Crippen LogP contribution is 2.26. The Labute approximate surface area is 99.4 Å². The van der Waals surface area contributed by atoms with E-state index in [1.807, 2.05) is 26.0 Å². The molecule has 1 aromatic heterocycles. The Bertz CT molecular complexity index is 545. The highest BCUT2D eigenvalue weighted by atomic mass is 32.1. The Morgan fingerprint density at radius 1 is 1.31 bits per heavy atom. The fourth-order valence-corrected chi connectivity index (χ4v) is 2.69. The molecular weight excluding hydrogens is 216 g/mol. The zero-order valence-electron chi connectivity index (χ0n) is 9.49. The Balaban J connectivity index is 2.28. The number of ketones is 1. The highest BCUT2D eigenvalue weighted by Gasteiger charge is 2.06. The van der Waals surface area contributed by atoms with Crippen LogP contribution in [0.5, 0.6) is 0 Å². The molecule has 0 saturated carbocycles. The molecule has 2 rings (SSSR count). The van der Waals surface area contributed by atoms with E-state index in [-0.39, 0.29) is 5.78 Å². The summed E-state index contributed by atoms with van der Waals surface area (Å²) in [6.45, 7) is 3.90. The fraction of sp³-hybridized carbons (Fsp3) is 0.214. The number of carbonyl (C=O) groups excluding carboxylic acids is 1. The van der Waals surface area contributed by atoms with Gasteiger partial charge in [0.2, 0.25) is 0 Å². The molecule has 0 atom stereocenters. The molecule has 0 N–H and O–H groups in total. The molecular formula is C14H14OS. The van der Waals surface area contributed by atoms with Gasteiger partial charge in [-0.15, -0.1) is 11.3 Å². The highest BCUT2D eigenvalue weighted by molar-refractivity contribution is 7.17. The van der Waals surface area contributed by atoms with Crippen molar-refractivity contribution in [3.63, 3.8) is 0 Å². The van der Waals surface area contributed by atoms with Crippen LogP contribution in [0.2, 0.25) is 0 Å². The fourth-order valence-electron chi connectivity index (χ4n) is 1.73. The first-order chi connectivity index (χ1) is 7.66. The van der Waals surface area contributed by atoms with Gasteiger partial charge in [0.05, 0.1) is 0 Å². The molecule has 0 amide bonds. The third-order valence-electron chi connectivity index (χ3n) is 2.38. The minimum absolute atomic E-state index is 0.184. The topological polar surface area (TPSA) is 17.1 Å². The maximum Gasteiger partial charge on any atom is 0.160 e. The Hall–Kier alpha value is -1.41. The van der Waals surface area contributed by atoms with Gasteiger partial charge >= 0.3 is 0 Å². The molecule has 0 aliphatic carbocycles. The van der Waals surface area contributed by atoms with E-state index in [4.69, 9.17) is 0 Å². The van der Waals surface area contributed by atoms with E-state index in [1.165, 1.54) is 10.1 Å². The summed E-state index contributed by atoms with van der Waals surface area (Å²) in [6, 6.07) is 8.22. The van der Waals surface area contributed by atoms with Crippen LogP contribution < -0.4 is 0 Å². The van der Waals surface area contributed by atoms with Crippen LogP contribution in [0.3, 0.4) is 0 Å². The van der Waals surface area contributed by atoms with Crippen LogP contribution in [0.25, 0.3) is 10.1 Å². The number of rotatable bonds is 3. The van der Waals surface area contributed by atoms with Crippen molar-refractivity contribution in [2.75, 3.05) is 0 Å². The third-order valence-corrected chi connectivity index (χ3v) is 3.39. The zero-order valence-corrected chi connectivity index (χ0v) is 10.3. The molecule has 2 heteroatoms. The van der Waals surface area contributed by atoms with Gasteiger partial charge in [0.15, 0.2) is 5.78 Å².